The van der Waals surface area contributed by atoms with Gasteiger partial charge in [-0.3, -0.25) is 0 Å². The van der Waals surface area contributed by atoms with Gasteiger partial charge in [0, 0.05) is 12.4 Å². The van der Waals surface area contributed by atoms with Crippen LogP contribution in [0.1, 0.15) is 19.3 Å². The van der Waals surface area contributed by atoms with E-state index < -0.39 is 0 Å². The lowest BCUT2D eigenvalue weighted by Gasteiger charge is -2.07. The summed E-state index contributed by atoms with van der Waals surface area (Å²) in [4.78, 5) is 0. The van der Waals surface area contributed by atoms with E-state index in [2.05, 4.69) is 18.0 Å². The molecule has 1 rings (SSSR count). The fraction of sp³-hybridized carbons (Fsp3) is 1.00. The highest BCUT2D eigenvalue weighted by Gasteiger charge is 2.14. The zero-order valence-corrected chi connectivity index (χ0v) is 9.38. The fourth-order valence-corrected chi connectivity index (χ4v) is 2.95. The molecule has 0 aliphatic carbocycles. The lowest BCUT2D eigenvalue weighted by Crippen LogP contribution is -2.08. The van der Waals surface area contributed by atoms with Crippen molar-refractivity contribution in [2.75, 3.05) is 30.1 Å². The summed E-state index contributed by atoms with van der Waals surface area (Å²) >= 11 is 3.99. The first kappa shape index (κ1) is 10.7. The Hall–Kier alpha value is 0.660. The summed E-state index contributed by atoms with van der Waals surface area (Å²) in [5, 5.41) is 0. The Kier molecular flexibility index (Phi) is 6.35. The highest BCUT2D eigenvalue weighted by Crippen LogP contribution is 2.17. The van der Waals surface area contributed by atoms with E-state index in [1.54, 1.807) is 0 Å². The fourth-order valence-electron chi connectivity index (χ4n) is 1.30. The Bertz CT molecular complexity index is 103. The van der Waals surface area contributed by atoms with Gasteiger partial charge in [0.25, 0.3) is 0 Å². The van der Waals surface area contributed by atoms with Gasteiger partial charge in [-0.05, 0) is 37.0 Å². The zero-order chi connectivity index (χ0) is 8.65. The minimum absolute atomic E-state index is 0.573. The van der Waals surface area contributed by atoms with Crippen LogP contribution in [0.25, 0.3) is 0 Å². The van der Waals surface area contributed by atoms with Crippen molar-refractivity contribution < 1.29 is 4.74 Å². The largest absolute Gasteiger partial charge is 0.377 e. The predicted molar refractivity (Wildman–Crippen MR) is 59.3 cm³/mol. The second-order valence-corrected chi connectivity index (χ2v) is 5.19. The van der Waals surface area contributed by atoms with Gasteiger partial charge in [-0.25, -0.2) is 0 Å². The first-order chi connectivity index (χ1) is 5.93. The van der Waals surface area contributed by atoms with Crippen LogP contribution >= 0.6 is 23.5 Å². The molecule has 12 heavy (non-hydrogen) atoms. The van der Waals surface area contributed by atoms with E-state index in [-0.39, 0.29) is 0 Å². The molecule has 0 bridgehead atoms. The van der Waals surface area contributed by atoms with Crippen molar-refractivity contribution in [1.29, 1.82) is 0 Å². The number of rotatable bonds is 6. The smallest absolute Gasteiger partial charge is 0.0666 e. The molecule has 1 heterocycles. The molecule has 0 aromatic heterocycles. The number of thioether (sulfide) groups is 2. The van der Waals surface area contributed by atoms with Gasteiger partial charge in [0.2, 0.25) is 0 Å². The molecule has 1 aliphatic heterocycles. The molecule has 0 saturated carbocycles. The Morgan fingerprint density at radius 3 is 3.00 bits per heavy atom. The molecular weight excluding hydrogens is 188 g/mol. The second-order valence-electron chi connectivity index (χ2n) is 3.06. The average Bonchev–Trinajstić information content (AvgIpc) is 2.57. The van der Waals surface area contributed by atoms with Gasteiger partial charge in [0.15, 0.2) is 0 Å². The molecule has 1 aliphatic rings. The van der Waals surface area contributed by atoms with Gasteiger partial charge in [-0.15, -0.1) is 0 Å². The third-order valence-corrected chi connectivity index (χ3v) is 3.85. The van der Waals surface area contributed by atoms with E-state index in [0.29, 0.717) is 6.10 Å². The molecule has 1 fully saturated rings. The van der Waals surface area contributed by atoms with Gasteiger partial charge in [-0.2, -0.15) is 23.5 Å². The molecule has 1 saturated heterocycles. The Balaban J connectivity index is 1.81. The van der Waals surface area contributed by atoms with Gasteiger partial charge in [0.05, 0.1) is 6.10 Å². The summed E-state index contributed by atoms with van der Waals surface area (Å²) in [5.41, 5.74) is 0. The van der Waals surface area contributed by atoms with E-state index >= 15 is 0 Å². The molecule has 1 atom stereocenters. The summed E-state index contributed by atoms with van der Waals surface area (Å²) in [6.07, 6.45) is 6.65. The molecule has 0 amide bonds. The van der Waals surface area contributed by atoms with Crippen LogP contribution in [-0.2, 0) is 4.74 Å². The highest BCUT2D eigenvalue weighted by atomic mass is 32.2. The van der Waals surface area contributed by atoms with Crippen LogP contribution < -0.4 is 0 Å². The van der Waals surface area contributed by atoms with Crippen LogP contribution in [0.5, 0.6) is 0 Å². The van der Waals surface area contributed by atoms with Gasteiger partial charge in [-0.1, -0.05) is 0 Å². The van der Waals surface area contributed by atoms with Gasteiger partial charge < -0.3 is 4.74 Å². The summed E-state index contributed by atoms with van der Waals surface area (Å²) in [7, 11) is 0. The number of hydrogen-bond acceptors (Lipinski definition) is 3. The minimum atomic E-state index is 0.573. The van der Waals surface area contributed by atoms with Crippen LogP contribution in [0.3, 0.4) is 0 Å². The average molecular weight is 206 g/mol. The molecule has 1 nitrogen and oxygen atoms in total. The molecule has 0 aromatic carbocycles. The molecule has 0 N–H and O–H groups in total. The normalized spacial score (nSPS) is 23.2. The maximum Gasteiger partial charge on any atom is 0.0666 e. The van der Waals surface area contributed by atoms with E-state index in [9.17, 15) is 0 Å². The molecule has 72 valence electrons. The van der Waals surface area contributed by atoms with Gasteiger partial charge in [0.1, 0.15) is 0 Å². The molecule has 3 heteroatoms. The Labute approximate surface area is 84.0 Å². The number of hydrogen-bond donors (Lipinski definition) is 0. The molecular formula is C9H18OS2. The quantitative estimate of drug-likeness (QED) is 0.618. The van der Waals surface area contributed by atoms with E-state index in [1.165, 1.54) is 36.5 Å². The second kappa shape index (κ2) is 7.10. The Morgan fingerprint density at radius 2 is 2.33 bits per heavy atom. The van der Waals surface area contributed by atoms with Crippen molar-refractivity contribution in [1.82, 2.24) is 0 Å². The molecule has 0 spiro atoms. The molecule has 0 aromatic rings. The summed E-state index contributed by atoms with van der Waals surface area (Å²) in [6, 6.07) is 0. The third-order valence-electron chi connectivity index (χ3n) is 1.96. The summed E-state index contributed by atoms with van der Waals surface area (Å²) < 4.78 is 5.53. The van der Waals surface area contributed by atoms with Crippen molar-refractivity contribution in [3.8, 4) is 0 Å². The van der Waals surface area contributed by atoms with E-state index in [1.807, 2.05) is 11.8 Å². The SMILES string of the molecule is CSCCCSC[C@H]1CCCO1. The van der Waals surface area contributed by atoms with Crippen LogP contribution in [0, 0.1) is 0 Å². The molecule has 0 radical (unpaired) electrons. The van der Waals surface area contributed by atoms with E-state index in [4.69, 9.17) is 4.74 Å². The van der Waals surface area contributed by atoms with Crippen LogP contribution in [0.15, 0.2) is 0 Å². The summed E-state index contributed by atoms with van der Waals surface area (Å²) in [6.45, 7) is 0.996. The van der Waals surface area contributed by atoms with Gasteiger partial charge >= 0.3 is 0 Å². The minimum Gasteiger partial charge on any atom is -0.377 e. The molecule has 0 unspecified atom stereocenters. The van der Waals surface area contributed by atoms with Crippen molar-refractivity contribution >= 4 is 23.5 Å². The van der Waals surface area contributed by atoms with Crippen molar-refractivity contribution in [2.24, 2.45) is 0 Å². The van der Waals surface area contributed by atoms with Crippen molar-refractivity contribution in [2.45, 2.75) is 25.4 Å². The topological polar surface area (TPSA) is 9.23 Å². The highest BCUT2D eigenvalue weighted by molar-refractivity contribution is 7.99. The van der Waals surface area contributed by atoms with Crippen molar-refractivity contribution in [3.63, 3.8) is 0 Å². The first-order valence-corrected chi connectivity index (χ1v) is 7.16. The van der Waals surface area contributed by atoms with Crippen LogP contribution in [0.4, 0.5) is 0 Å². The lowest BCUT2D eigenvalue weighted by atomic mass is 10.3. The van der Waals surface area contributed by atoms with E-state index in [0.717, 1.165) is 6.61 Å². The number of ether oxygens (including phenoxy) is 1. The first-order valence-electron chi connectivity index (χ1n) is 4.62. The standard InChI is InChI=1S/C9H18OS2/c1-11-6-3-7-12-8-9-4-2-5-10-9/h9H,2-8H2,1H3/t9-/m1/s1. The predicted octanol–water partition coefficient (Wildman–Crippen LogP) is 2.65. The van der Waals surface area contributed by atoms with Crippen LogP contribution in [-0.4, -0.2) is 36.2 Å². The zero-order valence-electron chi connectivity index (χ0n) is 7.75. The summed E-state index contributed by atoms with van der Waals surface area (Å²) in [5.74, 6) is 3.83. The van der Waals surface area contributed by atoms with Crippen molar-refractivity contribution in [3.05, 3.63) is 0 Å². The maximum absolute atomic E-state index is 5.53. The Morgan fingerprint density at radius 1 is 1.42 bits per heavy atom. The lowest BCUT2D eigenvalue weighted by molar-refractivity contribution is 0.129. The van der Waals surface area contributed by atoms with Crippen LogP contribution in [0.2, 0.25) is 0 Å². The maximum atomic E-state index is 5.53. The monoisotopic (exact) mass is 206 g/mol. The third kappa shape index (κ3) is 4.63.